The summed E-state index contributed by atoms with van der Waals surface area (Å²) in [7, 11) is 0. The van der Waals surface area contributed by atoms with E-state index in [4.69, 9.17) is 42.6 Å². The molecule has 0 aromatic rings. The molecule has 0 bridgehead atoms. The van der Waals surface area contributed by atoms with Crippen LogP contribution in [-0.2, 0) is 66.6 Å². The Morgan fingerprint density at radius 3 is 1.90 bits per heavy atom. The molecule has 7 fully saturated rings. The molecule has 58 heavy (non-hydrogen) atoms. The first-order valence-electron chi connectivity index (χ1n) is 21.7. The van der Waals surface area contributed by atoms with Gasteiger partial charge in [-0.15, -0.1) is 0 Å². The van der Waals surface area contributed by atoms with Gasteiger partial charge in [-0.25, -0.2) is 0 Å². The molecule has 0 N–H and O–H groups in total. The van der Waals surface area contributed by atoms with E-state index in [1.807, 2.05) is 0 Å². The monoisotopic (exact) mass is 818 g/mol. The molecule has 0 unspecified atom stereocenters. The minimum Gasteiger partial charge on any atom is -0.462 e. The number of carbonyl (C=O) groups excluding carboxylic acids is 5. The highest BCUT2D eigenvalue weighted by molar-refractivity contribution is 5.69. The molecule has 3 aliphatic heterocycles. The van der Waals surface area contributed by atoms with Crippen molar-refractivity contribution in [2.45, 2.75) is 175 Å². The molecule has 7 rings (SSSR count). The average Bonchev–Trinajstić information content (AvgIpc) is 3.59. The molecular formula is C44H66O14. The van der Waals surface area contributed by atoms with Gasteiger partial charge in [0.15, 0.2) is 36.0 Å². The maximum absolute atomic E-state index is 12.6. The fourth-order valence-electron chi connectivity index (χ4n) is 13.4. The number of rotatable bonds is 9. The lowest BCUT2D eigenvalue weighted by molar-refractivity contribution is -0.357. The van der Waals surface area contributed by atoms with E-state index in [-0.39, 0.29) is 23.0 Å². The van der Waals surface area contributed by atoms with Gasteiger partial charge in [0.05, 0.1) is 18.8 Å². The van der Waals surface area contributed by atoms with Crippen LogP contribution in [-0.4, -0.2) is 97.9 Å². The molecule has 0 amide bonds. The Kier molecular flexibility index (Phi) is 12.1. The van der Waals surface area contributed by atoms with Crippen molar-refractivity contribution in [3.8, 4) is 0 Å². The highest BCUT2D eigenvalue weighted by Crippen LogP contribution is 2.71. The summed E-state index contributed by atoms with van der Waals surface area (Å²) in [6.07, 6.45) is 4.41. The van der Waals surface area contributed by atoms with Crippen LogP contribution < -0.4 is 0 Å². The first-order chi connectivity index (χ1) is 27.3. The fraction of sp³-hybridized carbons (Fsp3) is 0.886. The lowest BCUT2D eigenvalue weighted by atomic mass is 9.44. The third kappa shape index (κ3) is 7.81. The normalized spacial score (nSPS) is 45.1. The molecule has 14 heteroatoms. The zero-order chi connectivity index (χ0) is 41.9. The van der Waals surface area contributed by atoms with Crippen LogP contribution in [0.5, 0.6) is 0 Å². The van der Waals surface area contributed by atoms with Crippen molar-refractivity contribution in [3.05, 3.63) is 0 Å². The van der Waals surface area contributed by atoms with Gasteiger partial charge >= 0.3 is 29.8 Å². The highest BCUT2D eigenvalue weighted by atomic mass is 16.8. The second kappa shape index (κ2) is 16.2. The Morgan fingerprint density at radius 1 is 0.655 bits per heavy atom. The van der Waals surface area contributed by atoms with E-state index >= 15 is 0 Å². The number of ether oxygens (including phenoxy) is 9. The van der Waals surface area contributed by atoms with Crippen molar-refractivity contribution in [3.63, 3.8) is 0 Å². The standard InChI is InChI=1S/C44H66O14/c1-23-12-17-44(52-20-23)24(2)36-35(57-44)19-34-32-11-10-30-18-31(13-15-41(30,8)33(32)14-16-42(34,36)9)56-40-38(54-28(6)48)37(53-27(5)47)39(55-29(7)49)43(58-40,21-50-25(3)45)22-51-26(4)46/h23-24,30-40H,10-22H2,1-9H3/t23-,24+,30+,31+,32-,33+,34+,35+,36+,37-,38-,39-,40+,41+,42+,44-/m1/s1. The topological polar surface area (TPSA) is 168 Å². The Hall–Kier alpha value is -2.81. The zero-order valence-corrected chi connectivity index (χ0v) is 35.9. The lowest BCUT2D eigenvalue weighted by Gasteiger charge is -2.61. The third-order valence-electron chi connectivity index (χ3n) is 15.9. The van der Waals surface area contributed by atoms with Crippen LogP contribution in [0, 0.1) is 52.3 Å². The first kappa shape index (κ1) is 43.3. The van der Waals surface area contributed by atoms with Crippen LogP contribution in [0.15, 0.2) is 0 Å². The van der Waals surface area contributed by atoms with E-state index in [9.17, 15) is 24.0 Å². The van der Waals surface area contributed by atoms with E-state index in [1.165, 1.54) is 40.5 Å². The predicted molar refractivity (Wildman–Crippen MR) is 204 cm³/mol. The maximum atomic E-state index is 12.6. The van der Waals surface area contributed by atoms with Crippen molar-refractivity contribution in [1.82, 2.24) is 0 Å². The minimum absolute atomic E-state index is 0.107. The molecule has 14 nitrogen and oxygen atoms in total. The third-order valence-corrected chi connectivity index (χ3v) is 15.9. The van der Waals surface area contributed by atoms with Crippen LogP contribution in [0.4, 0.5) is 0 Å². The number of fused-ring (bicyclic) bond motifs is 7. The largest absolute Gasteiger partial charge is 0.462 e. The molecule has 16 atom stereocenters. The summed E-state index contributed by atoms with van der Waals surface area (Å²) in [6, 6.07) is 0. The Balaban J connectivity index is 1.11. The Labute approximate surface area is 342 Å². The summed E-state index contributed by atoms with van der Waals surface area (Å²) < 4.78 is 54.9. The second-order valence-electron chi connectivity index (χ2n) is 19.5. The van der Waals surface area contributed by atoms with Crippen molar-refractivity contribution in [2.24, 2.45) is 52.3 Å². The quantitative estimate of drug-likeness (QED) is 0.155. The van der Waals surface area contributed by atoms with E-state index in [0.717, 1.165) is 58.5 Å². The van der Waals surface area contributed by atoms with Gasteiger partial charge in [-0.1, -0.05) is 27.7 Å². The lowest BCUT2D eigenvalue weighted by Crippen LogP contribution is -2.71. The van der Waals surface area contributed by atoms with Gasteiger partial charge in [0.25, 0.3) is 0 Å². The fourth-order valence-corrected chi connectivity index (χ4v) is 13.4. The maximum Gasteiger partial charge on any atom is 0.303 e. The Morgan fingerprint density at radius 2 is 1.29 bits per heavy atom. The highest BCUT2D eigenvalue weighted by Gasteiger charge is 2.69. The van der Waals surface area contributed by atoms with Crippen LogP contribution in [0.1, 0.15) is 127 Å². The molecule has 326 valence electrons. The molecule has 3 saturated heterocycles. The van der Waals surface area contributed by atoms with Gasteiger partial charge in [0.2, 0.25) is 0 Å². The molecule has 4 aliphatic carbocycles. The van der Waals surface area contributed by atoms with E-state index < -0.39 is 79.1 Å². The summed E-state index contributed by atoms with van der Waals surface area (Å²) in [6.45, 7) is 15.3. The molecule has 4 saturated carbocycles. The molecule has 0 aromatic carbocycles. The summed E-state index contributed by atoms with van der Waals surface area (Å²) in [5, 5.41) is 0. The van der Waals surface area contributed by atoms with Gasteiger partial charge < -0.3 is 42.6 Å². The van der Waals surface area contributed by atoms with Crippen LogP contribution in [0.2, 0.25) is 0 Å². The van der Waals surface area contributed by atoms with Gasteiger partial charge in [-0.05, 0) is 104 Å². The zero-order valence-electron chi connectivity index (χ0n) is 35.9. The first-order valence-corrected chi connectivity index (χ1v) is 21.7. The van der Waals surface area contributed by atoms with Gasteiger partial charge in [0.1, 0.15) is 13.2 Å². The van der Waals surface area contributed by atoms with E-state index in [0.29, 0.717) is 47.8 Å². The second-order valence-corrected chi connectivity index (χ2v) is 19.5. The van der Waals surface area contributed by atoms with E-state index in [1.54, 1.807) is 0 Å². The minimum atomic E-state index is -1.89. The molecule has 3 heterocycles. The number of esters is 5. The van der Waals surface area contributed by atoms with Crippen molar-refractivity contribution >= 4 is 29.8 Å². The van der Waals surface area contributed by atoms with Gasteiger partial charge in [-0.3, -0.25) is 24.0 Å². The number of hydrogen-bond donors (Lipinski definition) is 0. The van der Waals surface area contributed by atoms with Crippen molar-refractivity contribution < 1.29 is 66.6 Å². The Bertz CT molecular complexity index is 1570. The average molecular weight is 819 g/mol. The van der Waals surface area contributed by atoms with Crippen LogP contribution in [0.25, 0.3) is 0 Å². The van der Waals surface area contributed by atoms with Gasteiger partial charge in [-0.2, -0.15) is 0 Å². The molecular weight excluding hydrogens is 752 g/mol. The summed E-state index contributed by atoms with van der Waals surface area (Å²) in [4.78, 5) is 62.0. The molecule has 0 radical (unpaired) electrons. The summed E-state index contributed by atoms with van der Waals surface area (Å²) in [5.41, 5.74) is -1.56. The summed E-state index contributed by atoms with van der Waals surface area (Å²) >= 11 is 0. The van der Waals surface area contributed by atoms with Crippen molar-refractivity contribution in [2.75, 3.05) is 19.8 Å². The van der Waals surface area contributed by atoms with Gasteiger partial charge in [0, 0.05) is 47.0 Å². The summed E-state index contributed by atoms with van der Waals surface area (Å²) in [5.74, 6) is -0.387. The molecule has 0 aromatic heterocycles. The molecule has 7 aliphatic rings. The van der Waals surface area contributed by atoms with E-state index in [2.05, 4.69) is 27.7 Å². The SMILES string of the molecule is CC(=O)OCC1(COC(C)=O)O[C@H](O[C@H]2CC[C@@]3(C)[C@@H](CC[C@@H]4[C@@H]3CC[C@]3(C)[C@@H]5[C@H](C[C@@H]43)O[C@]3(CC[C@@H](C)CO3)[C@H]5C)C2)[C@H](OC(C)=O)[C@@H](OC(C)=O)[C@H]1OC(C)=O. The van der Waals surface area contributed by atoms with Crippen LogP contribution in [0.3, 0.4) is 0 Å². The molecule has 1 spiro atoms. The van der Waals surface area contributed by atoms with Crippen molar-refractivity contribution in [1.29, 1.82) is 0 Å². The predicted octanol–water partition coefficient (Wildman–Crippen LogP) is 5.83. The number of carbonyl (C=O) groups is 5. The number of hydrogen-bond acceptors (Lipinski definition) is 14. The van der Waals surface area contributed by atoms with Crippen LogP contribution >= 0.6 is 0 Å². The smallest absolute Gasteiger partial charge is 0.303 e.